The van der Waals surface area contributed by atoms with E-state index < -0.39 is 0 Å². The minimum Gasteiger partial charge on any atom is -0.380 e. The summed E-state index contributed by atoms with van der Waals surface area (Å²) in [6.45, 7) is 0.701. The third-order valence-corrected chi connectivity index (χ3v) is 5.96. The first-order chi connectivity index (χ1) is 12.8. The lowest BCUT2D eigenvalue weighted by atomic mass is 9.75. The maximum Gasteiger partial charge on any atom is 0.0679 e. The Labute approximate surface area is 157 Å². The lowest BCUT2D eigenvalue weighted by Gasteiger charge is -2.30. The molecule has 4 rings (SSSR count). The zero-order valence-electron chi connectivity index (χ0n) is 15.4. The predicted molar refractivity (Wildman–Crippen MR) is 107 cm³/mol. The molecule has 2 aromatic rings. The van der Waals surface area contributed by atoms with Crippen molar-refractivity contribution < 1.29 is 4.74 Å². The molecule has 2 aliphatic rings. The van der Waals surface area contributed by atoms with Crippen molar-refractivity contribution in [1.29, 1.82) is 0 Å². The van der Waals surface area contributed by atoms with Crippen molar-refractivity contribution in [3.63, 3.8) is 0 Å². The molecule has 1 heteroatoms. The fourth-order valence-corrected chi connectivity index (χ4v) is 4.88. The minimum atomic E-state index is 0.457. The summed E-state index contributed by atoms with van der Waals surface area (Å²) in [5.74, 6) is 9.60. The zero-order chi connectivity index (χ0) is 17.8. The molecule has 2 aromatic carbocycles. The molecule has 2 aliphatic carbocycles. The van der Waals surface area contributed by atoms with E-state index in [0.717, 1.165) is 17.4 Å². The van der Waals surface area contributed by atoms with Gasteiger partial charge in [-0.1, -0.05) is 66.4 Å². The van der Waals surface area contributed by atoms with Crippen LogP contribution in [-0.2, 0) is 4.74 Å². The summed E-state index contributed by atoms with van der Waals surface area (Å²) in [7, 11) is 1.80. The number of rotatable bonds is 4. The Kier molecular flexibility index (Phi) is 5.23. The molecule has 2 fully saturated rings. The van der Waals surface area contributed by atoms with E-state index in [2.05, 4.69) is 72.5 Å². The summed E-state index contributed by atoms with van der Waals surface area (Å²) in [6.07, 6.45) is 6.34. The van der Waals surface area contributed by atoms with Crippen LogP contribution < -0.4 is 0 Å². The van der Waals surface area contributed by atoms with E-state index in [1.807, 2.05) is 6.07 Å². The standard InChI is InChI=1S/C25H26O/c1-26-18-23(16-20-10-6-3-7-11-20)25-22-14-13-21(17-22)24(25)15-12-19-8-4-2-5-9-19/h2-11,16,21-22,24-25H,13-14,17-18H2,1H3/b23-16+/t21-,22+,24?,25?/m1/s1. The molecule has 2 unspecified atom stereocenters. The predicted octanol–water partition coefficient (Wildman–Crippen LogP) is 5.43. The van der Waals surface area contributed by atoms with Gasteiger partial charge in [0.15, 0.2) is 0 Å². The Morgan fingerprint density at radius 2 is 1.69 bits per heavy atom. The molecule has 0 amide bonds. The van der Waals surface area contributed by atoms with Crippen molar-refractivity contribution in [2.24, 2.45) is 23.7 Å². The van der Waals surface area contributed by atoms with Gasteiger partial charge in [-0.05, 0) is 60.3 Å². The number of methoxy groups -OCH3 is 1. The van der Waals surface area contributed by atoms with Crippen molar-refractivity contribution >= 4 is 6.08 Å². The van der Waals surface area contributed by atoms with Crippen molar-refractivity contribution in [2.75, 3.05) is 13.7 Å². The number of hydrogen-bond donors (Lipinski definition) is 0. The van der Waals surface area contributed by atoms with Crippen molar-refractivity contribution in [2.45, 2.75) is 19.3 Å². The van der Waals surface area contributed by atoms with Gasteiger partial charge >= 0.3 is 0 Å². The van der Waals surface area contributed by atoms with Crippen LogP contribution >= 0.6 is 0 Å². The number of benzene rings is 2. The molecule has 4 atom stereocenters. The lowest BCUT2D eigenvalue weighted by molar-refractivity contribution is 0.199. The molecule has 2 saturated carbocycles. The van der Waals surface area contributed by atoms with Crippen LogP contribution in [0.15, 0.2) is 66.2 Å². The second kappa shape index (κ2) is 7.94. The molecule has 2 bridgehead atoms. The summed E-state index contributed by atoms with van der Waals surface area (Å²) < 4.78 is 5.59. The summed E-state index contributed by atoms with van der Waals surface area (Å²) in [5.41, 5.74) is 3.80. The van der Waals surface area contributed by atoms with E-state index in [9.17, 15) is 0 Å². The van der Waals surface area contributed by atoms with Gasteiger partial charge < -0.3 is 4.74 Å². The number of hydrogen-bond acceptors (Lipinski definition) is 1. The third-order valence-electron chi connectivity index (χ3n) is 5.96. The van der Waals surface area contributed by atoms with Crippen LogP contribution in [-0.4, -0.2) is 13.7 Å². The Balaban J connectivity index is 1.65. The molecular weight excluding hydrogens is 316 g/mol. The lowest BCUT2D eigenvalue weighted by Crippen LogP contribution is -2.25. The fourth-order valence-electron chi connectivity index (χ4n) is 4.88. The Morgan fingerprint density at radius 3 is 2.42 bits per heavy atom. The molecule has 0 saturated heterocycles. The van der Waals surface area contributed by atoms with Crippen molar-refractivity contribution in [1.82, 2.24) is 0 Å². The first kappa shape index (κ1) is 17.1. The van der Waals surface area contributed by atoms with Crippen LogP contribution in [0.5, 0.6) is 0 Å². The zero-order valence-corrected chi connectivity index (χ0v) is 15.4. The Bertz CT molecular complexity index is 809. The van der Waals surface area contributed by atoms with Gasteiger partial charge in [0.2, 0.25) is 0 Å². The molecule has 132 valence electrons. The average Bonchev–Trinajstić information content (AvgIpc) is 3.29. The maximum absolute atomic E-state index is 5.59. The van der Waals surface area contributed by atoms with Gasteiger partial charge in [-0.3, -0.25) is 0 Å². The van der Waals surface area contributed by atoms with E-state index in [-0.39, 0.29) is 0 Å². The molecular formula is C25H26O. The van der Waals surface area contributed by atoms with E-state index in [1.165, 1.54) is 30.4 Å². The van der Waals surface area contributed by atoms with Crippen LogP contribution in [0.2, 0.25) is 0 Å². The number of ether oxygens (including phenoxy) is 1. The van der Waals surface area contributed by atoms with Gasteiger partial charge in [-0.15, -0.1) is 0 Å². The second-order valence-electron chi connectivity index (χ2n) is 7.58. The largest absolute Gasteiger partial charge is 0.380 e. The SMILES string of the molecule is COC/C(=C\c1ccccc1)C1C(C#Cc2ccccc2)[C@@H]2CC[C@H]1C2. The van der Waals surface area contributed by atoms with Crippen LogP contribution in [0, 0.1) is 35.5 Å². The van der Waals surface area contributed by atoms with Gasteiger partial charge in [0.05, 0.1) is 6.61 Å². The van der Waals surface area contributed by atoms with Crippen LogP contribution in [0.3, 0.4) is 0 Å². The minimum absolute atomic E-state index is 0.457. The summed E-state index contributed by atoms with van der Waals surface area (Å²) in [6, 6.07) is 21.0. The first-order valence-electron chi connectivity index (χ1n) is 9.66. The third kappa shape index (κ3) is 3.62. The molecule has 0 aliphatic heterocycles. The second-order valence-corrected chi connectivity index (χ2v) is 7.58. The maximum atomic E-state index is 5.59. The van der Waals surface area contributed by atoms with Crippen LogP contribution in [0.1, 0.15) is 30.4 Å². The number of fused-ring (bicyclic) bond motifs is 2. The highest BCUT2D eigenvalue weighted by Crippen LogP contribution is 2.54. The summed E-state index contributed by atoms with van der Waals surface area (Å²) >= 11 is 0. The quantitative estimate of drug-likeness (QED) is 0.673. The highest BCUT2D eigenvalue weighted by molar-refractivity contribution is 5.54. The molecule has 26 heavy (non-hydrogen) atoms. The van der Waals surface area contributed by atoms with E-state index in [4.69, 9.17) is 4.74 Å². The molecule has 0 aromatic heterocycles. The highest BCUT2D eigenvalue weighted by atomic mass is 16.5. The normalized spacial score (nSPS) is 27.2. The first-order valence-corrected chi connectivity index (χ1v) is 9.66. The van der Waals surface area contributed by atoms with Gasteiger partial charge in [-0.2, -0.15) is 0 Å². The van der Waals surface area contributed by atoms with Gasteiger partial charge in [0.1, 0.15) is 0 Å². The fraction of sp³-hybridized carbons (Fsp3) is 0.360. The molecule has 0 spiro atoms. The van der Waals surface area contributed by atoms with Gasteiger partial charge in [0, 0.05) is 18.6 Å². The summed E-state index contributed by atoms with van der Waals surface area (Å²) in [4.78, 5) is 0. The molecule has 0 radical (unpaired) electrons. The average molecular weight is 342 g/mol. The van der Waals surface area contributed by atoms with E-state index in [0.29, 0.717) is 18.4 Å². The van der Waals surface area contributed by atoms with Crippen molar-refractivity contribution in [3.05, 3.63) is 77.4 Å². The Hall–Kier alpha value is -2.30. The van der Waals surface area contributed by atoms with Crippen molar-refractivity contribution in [3.8, 4) is 11.8 Å². The van der Waals surface area contributed by atoms with Crippen LogP contribution in [0.25, 0.3) is 6.08 Å². The topological polar surface area (TPSA) is 9.23 Å². The van der Waals surface area contributed by atoms with Gasteiger partial charge in [-0.25, -0.2) is 0 Å². The molecule has 0 heterocycles. The molecule has 1 nitrogen and oxygen atoms in total. The Morgan fingerprint density at radius 1 is 1.00 bits per heavy atom. The van der Waals surface area contributed by atoms with E-state index in [1.54, 1.807) is 7.11 Å². The molecule has 0 N–H and O–H groups in total. The monoisotopic (exact) mass is 342 g/mol. The smallest absolute Gasteiger partial charge is 0.0679 e. The summed E-state index contributed by atoms with van der Waals surface area (Å²) in [5, 5.41) is 0. The van der Waals surface area contributed by atoms with E-state index >= 15 is 0 Å². The van der Waals surface area contributed by atoms with Crippen LogP contribution in [0.4, 0.5) is 0 Å². The van der Waals surface area contributed by atoms with Gasteiger partial charge in [0.25, 0.3) is 0 Å². The highest BCUT2D eigenvalue weighted by Gasteiger charge is 2.48.